The molecule has 0 aromatic carbocycles. The molecule has 0 aliphatic heterocycles. The summed E-state index contributed by atoms with van der Waals surface area (Å²) in [6, 6.07) is 0. The van der Waals surface area contributed by atoms with Crippen molar-refractivity contribution in [3.05, 3.63) is 23.3 Å². The number of hydrogen-bond donors (Lipinski definition) is 0. The van der Waals surface area contributed by atoms with E-state index >= 15 is 0 Å². The molecule has 0 heterocycles. The van der Waals surface area contributed by atoms with E-state index in [1.54, 1.807) is 0 Å². The van der Waals surface area contributed by atoms with Crippen molar-refractivity contribution in [2.75, 3.05) is 0 Å². The van der Waals surface area contributed by atoms with Gasteiger partial charge in [-0.25, -0.2) is 0 Å². The van der Waals surface area contributed by atoms with Gasteiger partial charge in [0.2, 0.25) is 0 Å². The molecule has 0 heteroatoms. The summed E-state index contributed by atoms with van der Waals surface area (Å²) in [6.45, 7) is 13.3. The zero-order valence-corrected chi connectivity index (χ0v) is 9.31. The van der Waals surface area contributed by atoms with Crippen molar-refractivity contribution in [2.45, 2.75) is 41.5 Å². The molecule has 0 spiro atoms. The quantitative estimate of drug-likeness (QED) is 0.551. The molecule has 70 valence electrons. The van der Waals surface area contributed by atoms with Crippen LogP contribution >= 0.6 is 0 Å². The first kappa shape index (κ1) is 11.5. The van der Waals surface area contributed by atoms with Crippen molar-refractivity contribution in [2.24, 2.45) is 11.8 Å². The maximum absolute atomic E-state index is 2.31. The van der Waals surface area contributed by atoms with Crippen LogP contribution in [0.2, 0.25) is 0 Å². The van der Waals surface area contributed by atoms with E-state index in [-0.39, 0.29) is 0 Å². The molecule has 0 saturated heterocycles. The largest absolute Gasteiger partial charge is 0.0842 e. The van der Waals surface area contributed by atoms with E-state index in [2.05, 4.69) is 53.7 Å². The van der Waals surface area contributed by atoms with Gasteiger partial charge in [-0.2, -0.15) is 0 Å². The Kier molecular flexibility index (Phi) is 4.96. The summed E-state index contributed by atoms with van der Waals surface area (Å²) in [7, 11) is 0. The fourth-order valence-electron chi connectivity index (χ4n) is 1.01. The van der Waals surface area contributed by atoms with Crippen LogP contribution in [0.15, 0.2) is 23.3 Å². The Morgan fingerprint density at radius 3 is 1.75 bits per heavy atom. The first-order chi connectivity index (χ1) is 5.49. The van der Waals surface area contributed by atoms with E-state index in [0.717, 1.165) is 0 Å². The van der Waals surface area contributed by atoms with E-state index in [4.69, 9.17) is 0 Å². The summed E-state index contributed by atoms with van der Waals surface area (Å²) in [5.41, 5.74) is 2.91. The number of rotatable bonds is 3. The van der Waals surface area contributed by atoms with E-state index in [1.807, 2.05) is 0 Å². The maximum atomic E-state index is 2.31. The molecule has 0 aliphatic rings. The van der Waals surface area contributed by atoms with Crippen molar-refractivity contribution in [1.29, 1.82) is 0 Å². The van der Waals surface area contributed by atoms with Crippen molar-refractivity contribution < 1.29 is 0 Å². The lowest BCUT2D eigenvalue weighted by Crippen LogP contribution is -1.94. The topological polar surface area (TPSA) is 0 Å². The van der Waals surface area contributed by atoms with Crippen molar-refractivity contribution >= 4 is 0 Å². The van der Waals surface area contributed by atoms with Crippen LogP contribution in [0.25, 0.3) is 0 Å². The summed E-state index contributed by atoms with van der Waals surface area (Å²) in [5, 5.41) is 0. The number of allylic oxidation sites excluding steroid dienone is 4. The van der Waals surface area contributed by atoms with E-state index in [0.29, 0.717) is 11.8 Å². The Bertz CT molecular complexity index is 180. The van der Waals surface area contributed by atoms with E-state index < -0.39 is 0 Å². The molecule has 0 aromatic rings. The zero-order chi connectivity index (χ0) is 9.72. The van der Waals surface area contributed by atoms with Gasteiger partial charge in [-0.3, -0.25) is 0 Å². The summed E-state index contributed by atoms with van der Waals surface area (Å²) in [4.78, 5) is 0. The van der Waals surface area contributed by atoms with Crippen molar-refractivity contribution in [3.63, 3.8) is 0 Å². The molecule has 0 saturated carbocycles. The monoisotopic (exact) mass is 166 g/mol. The fourth-order valence-corrected chi connectivity index (χ4v) is 1.01. The van der Waals surface area contributed by atoms with Gasteiger partial charge in [0.25, 0.3) is 0 Å². The van der Waals surface area contributed by atoms with Gasteiger partial charge in [0.1, 0.15) is 0 Å². The summed E-state index contributed by atoms with van der Waals surface area (Å²) >= 11 is 0. The Morgan fingerprint density at radius 2 is 1.50 bits per heavy atom. The lowest BCUT2D eigenvalue weighted by molar-refractivity contribution is 0.748. The van der Waals surface area contributed by atoms with E-state index in [1.165, 1.54) is 11.1 Å². The molecule has 12 heavy (non-hydrogen) atoms. The normalized spacial score (nSPS) is 14.7. The average Bonchev–Trinajstić information content (AvgIpc) is 1.98. The molecule has 0 fully saturated rings. The number of hydrogen-bond acceptors (Lipinski definition) is 0. The highest BCUT2D eigenvalue weighted by Gasteiger charge is 2.01. The molecule has 0 aromatic heterocycles. The van der Waals surface area contributed by atoms with Crippen LogP contribution in [0, 0.1) is 11.8 Å². The molecular formula is C12H22. The van der Waals surface area contributed by atoms with Crippen molar-refractivity contribution in [3.8, 4) is 0 Å². The summed E-state index contributed by atoms with van der Waals surface area (Å²) < 4.78 is 0. The Morgan fingerprint density at radius 1 is 1.00 bits per heavy atom. The minimum absolute atomic E-state index is 0.642. The van der Waals surface area contributed by atoms with Crippen LogP contribution in [-0.2, 0) is 0 Å². The van der Waals surface area contributed by atoms with Crippen LogP contribution in [-0.4, -0.2) is 0 Å². The molecule has 0 amide bonds. The van der Waals surface area contributed by atoms with Gasteiger partial charge in [-0.05, 0) is 31.3 Å². The molecule has 0 radical (unpaired) electrons. The van der Waals surface area contributed by atoms with Crippen LogP contribution < -0.4 is 0 Å². The van der Waals surface area contributed by atoms with Gasteiger partial charge in [-0.15, -0.1) is 0 Å². The molecule has 0 bridgehead atoms. The highest BCUT2D eigenvalue weighted by molar-refractivity contribution is 5.24. The predicted octanol–water partition coefficient (Wildman–Crippen LogP) is 4.19. The molecule has 0 N–H and O–H groups in total. The third-order valence-electron chi connectivity index (χ3n) is 2.31. The SMILES string of the molecule is C/C=C(/C=C(/C)C(C)C)C(C)C. The Balaban J connectivity index is 4.49. The minimum Gasteiger partial charge on any atom is -0.0842 e. The van der Waals surface area contributed by atoms with Crippen LogP contribution in [0.3, 0.4) is 0 Å². The highest BCUT2D eigenvalue weighted by Crippen LogP contribution is 2.17. The van der Waals surface area contributed by atoms with Crippen molar-refractivity contribution in [1.82, 2.24) is 0 Å². The minimum atomic E-state index is 0.642. The van der Waals surface area contributed by atoms with Gasteiger partial charge in [0, 0.05) is 0 Å². The van der Waals surface area contributed by atoms with E-state index in [9.17, 15) is 0 Å². The van der Waals surface area contributed by atoms with Gasteiger partial charge < -0.3 is 0 Å². The molecular weight excluding hydrogens is 144 g/mol. The molecule has 0 atom stereocenters. The third kappa shape index (κ3) is 3.75. The molecule has 0 rings (SSSR count). The average molecular weight is 166 g/mol. The third-order valence-corrected chi connectivity index (χ3v) is 2.31. The Labute approximate surface area is 77.4 Å². The van der Waals surface area contributed by atoms with Gasteiger partial charge in [0.05, 0.1) is 0 Å². The van der Waals surface area contributed by atoms with Gasteiger partial charge >= 0.3 is 0 Å². The second kappa shape index (κ2) is 5.18. The zero-order valence-electron chi connectivity index (χ0n) is 9.31. The fraction of sp³-hybridized carbons (Fsp3) is 0.667. The highest BCUT2D eigenvalue weighted by atomic mass is 14.1. The predicted molar refractivity (Wildman–Crippen MR) is 57.2 cm³/mol. The lowest BCUT2D eigenvalue weighted by Gasteiger charge is -2.10. The smallest absolute Gasteiger partial charge is 0.0222 e. The van der Waals surface area contributed by atoms with Gasteiger partial charge in [0.15, 0.2) is 0 Å². The molecule has 0 unspecified atom stereocenters. The summed E-state index contributed by atoms with van der Waals surface area (Å²) in [6.07, 6.45) is 4.52. The maximum Gasteiger partial charge on any atom is -0.0222 e. The van der Waals surface area contributed by atoms with Crippen LogP contribution in [0.1, 0.15) is 41.5 Å². The second-order valence-electron chi connectivity index (χ2n) is 3.99. The first-order valence-electron chi connectivity index (χ1n) is 4.83. The summed E-state index contributed by atoms with van der Waals surface area (Å²) in [5.74, 6) is 1.31. The standard InChI is InChI=1S/C12H22/c1-7-12(10(4)5)8-11(6)9(2)3/h7-10H,1-6H3/b11-8-,12-7-. The van der Waals surface area contributed by atoms with Crippen LogP contribution in [0.4, 0.5) is 0 Å². The molecule has 0 nitrogen and oxygen atoms in total. The first-order valence-corrected chi connectivity index (χ1v) is 4.83. The van der Waals surface area contributed by atoms with Gasteiger partial charge in [-0.1, -0.05) is 45.4 Å². The van der Waals surface area contributed by atoms with Crippen LogP contribution in [0.5, 0.6) is 0 Å². The Hall–Kier alpha value is -0.520. The lowest BCUT2D eigenvalue weighted by atomic mass is 9.96. The molecule has 0 aliphatic carbocycles. The second-order valence-corrected chi connectivity index (χ2v) is 3.99.